The Hall–Kier alpha value is -2.95. The van der Waals surface area contributed by atoms with Crippen molar-refractivity contribution in [2.24, 2.45) is 4.99 Å². The van der Waals surface area contributed by atoms with Crippen LogP contribution >= 0.6 is 0 Å². The Morgan fingerprint density at radius 1 is 1.00 bits per heavy atom. The zero-order valence-corrected chi connectivity index (χ0v) is 16.2. The zero-order valence-electron chi connectivity index (χ0n) is 16.2. The molecule has 2 aromatic carbocycles. The summed E-state index contributed by atoms with van der Waals surface area (Å²) in [5.74, 6) is -0.239. The highest BCUT2D eigenvalue weighted by molar-refractivity contribution is 6.47. The second-order valence-corrected chi connectivity index (χ2v) is 7.55. The van der Waals surface area contributed by atoms with Crippen molar-refractivity contribution in [2.75, 3.05) is 18.5 Å². The number of aliphatic imine (C=N–C) groups is 1. The average molecular weight is 375 g/mol. The third kappa shape index (κ3) is 3.33. The molecule has 5 heteroatoms. The SMILES string of the molecule is CN(C(=O)CN1C(=O)C(c2ccccc2)=NC12CCCCC2)c1ccccc1. The lowest BCUT2D eigenvalue weighted by Gasteiger charge is -2.39. The Labute approximate surface area is 165 Å². The first-order chi connectivity index (χ1) is 13.6. The molecule has 2 aliphatic rings. The summed E-state index contributed by atoms with van der Waals surface area (Å²) in [6, 6.07) is 19.1. The van der Waals surface area contributed by atoms with Gasteiger partial charge in [0.25, 0.3) is 5.91 Å². The highest BCUT2D eigenvalue weighted by atomic mass is 16.2. The Bertz CT molecular complexity index is 887. The van der Waals surface area contributed by atoms with Gasteiger partial charge < -0.3 is 9.80 Å². The van der Waals surface area contributed by atoms with E-state index in [4.69, 9.17) is 4.99 Å². The fourth-order valence-corrected chi connectivity index (χ4v) is 4.17. The maximum atomic E-state index is 13.3. The maximum Gasteiger partial charge on any atom is 0.275 e. The number of likely N-dealkylation sites (N-methyl/N-ethyl adjacent to an activating group) is 1. The molecular weight excluding hydrogens is 350 g/mol. The van der Waals surface area contributed by atoms with Gasteiger partial charge in [-0.2, -0.15) is 0 Å². The monoisotopic (exact) mass is 375 g/mol. The molecule has 1 aliphatic carbocycles. The van der Waals surface area contributed by atoms with E-state index < -0.39 is 5.66 Å². The molecule has 0 saturated heterocycles. The Morgan fingerprint density at radius 3 is 2.25 bits per heavy atom. The van der Waals surface area contributed by atoms with Crippen LogP contribution in [-0.4, -0.2) is 41.7 Å². The number of hydrogen-bond acceptors (Lipinski definition) is 3. The van der Waals surface area contributed by atoms with Crippen LogP contribution in [0.1, 0.15) is 37.7 Å². The van der Waals surface area contributed by atoms with Gasteiger partial charge in [-0.15, -0.1) is 0 Å². The predicted molar refractivity (Wildman–Crippen MR) is 110 cm³/mol. The highest BCUT2D eigenvalue weighted by Gasteiger charge is 2.48. The molecule has 0 aromatic heterocycles. The van der Waals surface area contributed by atoms with E-state index in [0.717, 1.165) is 43.4 Å². The van der Waals surface area contributed by atoms with Crippen molar-refractivity contribution in [3.05, 3.63) is 66.2 Å². The van der Waals surface area contributed by atoms with Crippen molar-refractivity contribution in [1.82, 2.24) is 4.90 Å². The lowest BCUT2D eigenvalue weighted by atomic mass is 9.88. The summed E-state index contributed by atoms with van der Waals surface area (Å²) in [7, 11) is 1.75. The van der Waals surface area contributed by atoms with Gasteiger partial charge in [-0.25, -0.2) is 0 Å². The van der Waals surface area contributed by atoms with Crippen LogP contribution in [0.25, 0.3) is 0 Å². The molecule has 0 bridgehead atoms. The molecule has 0 unspecified atom stereocenters. The summed E-state index contributed by atoms with van der Waals surface area (Å²) in [6.45, 7) is 0.0457. The summed E-state index contributed by atoms with van der Waals surface area (Å²) >= 11 is 0. The summed E-state index contributed by atoms with van der Waals surface area (Å²) in [4.78, 5) is 34.5. The van der Waals surface area contributed by atoms with Crippen LogP contribution in [0, 0.1) is 0 Å². The topological polar surface area (TPSA) is 53.0 Å². The van der Waals surface area contributed by atoms with E-state index in [1.165, 1.54) is 0 Å². The number of anilines is 1. The zero-order chi connectivity index (χ0) is 19.6. The largest absolute Gasteiger partial charge is 0.314 e. The second kappa shape index (κ2) is 7.58. The van der Waals surface area contributed by atoms with E-state index in [9.17, 15) is 9.59 Å². The molecule has 1 aliphatic heterocycles. The number of rotatable bonds is 4. The molecule has 28 heavy (non-hydrogen) atoms. The van der Waals surface area contributed by atoms with Crippen molar-refractivity contribution in [2.45, 2.75) is 37.8 Å². The van der Waals surface area contributed by atoms with Crippen LogP contribution in [0.2, 0.25) is 0 Å². The molecule has 2 amide bonds. The van der Waals surface area contributed by atoms with Crippen LogP contribution in [0.5, 0.6) is 0 Å². The first-order valence-electron chi connectivity index (χ1n) is 9.90. The van der Waals surface area contributed by atoms with Crippen LogP contribution < -0.4 is 4.90 Å². The average Bonchev–Trinajstić information content (AvgIpc) is 3.01. The minimum absolute atomic E-state index is 0.0457. The van der Waals surface area contributed by atoms with Gasteiger partial charge >= 0.3 is 0 Å². The van der Waals surface area contributed by atoms with Crippen molar-refractivity contribution in [3.63, 3.8) is 0 Å². The summed E-state index contributed by atoms with van der Waals surface area (Å²) < 4.78 is 0. The molecule has 1 heterocycles. The summed E-state index contributed by atoms with van der Waals surface area (Å²) in [6.07, 6.45) is 4.84. The molecular formula is C23H25N3O2. The molecule has 0 N–H and O–H groups in total. The molecule has 144 valence electrons. The molecule has 2 aromatic rings. The highest BCUT2D eigenvalue weighted by Crippen LogP contribution is 2.39. The maximum absolute atomic E-state index is 13.3. The van der Waals surface area contributed by atoms with E-state index in [2.05, 4.69) is 0 Å². The molecule has 1 spiro atoms. The van der Waals surface area contributed by atoms with Gasteiger partial charge in [0.05, 0.1) is 0 Å². The van der Waals surface area contributed by atoms with E-state index in [0.29, 0.717) is 5.71 Å². The smallest absolute Gasteiger partial charge is 0.275 e. The van der Waals surface area contributed by atoms with Gasteiger partial charge in [0.15, 0.2) is 0 Å². The van der Waals surface area contributed by atoms with Gasteiger partial charge in [-0.1, -0.05) is 55.0 Å². The molecule has 0 atom stereocenters. The third-order valence-corrected chi connectivity index (χ3v) is 5.78. The summed E-state index contributed by atoms with van der Waals surface area (Å²) in [5, 5.41) is 0. The van der Waals surface area contributed by atoms with Crippen molar-refractivity contribution >= 4 is 23.2 Å². The lowest BCUT2D eigenvalue weighted by Crippen LogP contribution is -2.52. The van der Waals surface area contributed by atoms with Crippen LogP contribution in [0.15, 0.2) is 65.7 Å². The Kier molecular flexibility index (Phi) is 4.99. The van der Waals surface area contributed by atoms with Crippen molar-refractivity contribution < 1.29 is 9.59 Å². The Balaban J connectivity index is 1.62. The first-order valence-corrected chi connectivity index (χ1v) is 9.90. The third-order valence-electron chi connectivity index (χ3n) is 5.78. The number of benzene rings is 2. The standard InChI is InChI=1S/C23H25N3O2/c1-25(19-13-7-3-8-14-19)20(27)17-26-22(28)21(18-11-5-2-6-12-18)24-23(26)15-9-4-10-16-23/h2-3,5-8,11-14H,4,9-10,15-17H2,1H3. The molecule has 5 nitrogen and oxygen atoms in total. The number of carbonyl (C=O) groups is 2. The first kappa shape index (κ1) is 18.4. The van der Waals surface area contributed by atoms with Crippen LogP contribution in [0.4, 0.5) is 5.69 Å². The van der Waals surface area contributed by atoms with E-state index >= 15 is 0 Å². The lowest BCUT2D eigenvalue weighted by molar-refractivity contribution is -0.134. The van der Waals surface area contributed by atoms with Gasteiger partial charge in [-0.05, 0) is 37.8 Å². The van der Waals surface area contributed by atoms with E-state index in [1.807, 2.05) is 60.7 Å². The molecule has 0 radical (unpaired) electrons. The van der Waals surface area contributed by atoms with Crippen LogP contribution in [0.3, 0.4) is 0 Å². The number of carbonyl (C=O) groups excluding carboxylic acids is 2. The van der Waals surface area contributed by atoms with E-state index in [-0.39, 0.29) is 18.4 Å². The minimum Gasteiger partial charge on any atom is -0.314 e. The Morgan fingerprint density at radius 2 is 1.61 bits per heavy atom. The van der Waals surface area contributed by atoms with Crippen molar-refractivity contribution in [1.29, 1.82) is 0 Å². The van der Waals surface area contributed by atoms with Gasteiger partial charge in [0.2, 0.25) is 5.91 Å². The summed E-state index contributed by atoms with van der Waals surface area (Å²) in [5.41, 5.74) is 1.55. The van der Waals surface area contributed by atoms with Gasteiger partial charge in [0.1, 0.15) is 17.9 Å². The quantitative estimate of drug-likeness (QED) is 0.819. The fourth-order valence-electron chi connectivity index (χ4n) is 4.17. The van der Waals surface area contributed by atoms with Crippen molar-refractivity contribution in [3.8, 4) is 0 Å². The number of nitrogens with zero attached hydrogens (tertiary/aromatic N) is 3. The number of amides is 2. The predicted octanol–water partition coefficient (Wildman–Crippen LogP) is 3.64. The van der Waals surface area contributed by atoms with Gasteiger partial charge in [0, 0.05) is 18.3 Å². The second-order valence-electron chi connectivity index (χ2n) is 7.55. The fraction of sp³-hybridized carbons (Fsp3) is 0.348. The van der Waals surface area contributed by atoms with E-state index in [1.54, 1.807) is 16.8 Å². The number of para-hydroxylation sites is 1. The molecule has 1 fully saturated rings. The molecule has 4 rings (SSSR count). The van der Waals surface area contributed by atoms with Crippen LogP contribution in [-0.2, 0) is 9.59 Å². The van der Waals surface area contributed by atoms with Gasteiger partial charge in [-0.3, -0.25) is 14.6 Å². The molecule has 1 saturated carbocycles. The number of hydrogen-bond donors (Lipinski definition) is 0. The minimum atomic E-state index is -0.576. The normalized spacial score (nSPS) is 18.2.